The van der Waals surface area contributed by atoms with Gasteiger partial charge in [-0.05, 0) is 36.4 Å². The Labute approximate surface area is 168 Å². The average molecular weight is 420 g/mol. The van der Waals surface area contributed by atoms with Crippen LogP contribution in [0.3, 0.4) is 0 Å². The number of hydrogen-bond acceptors (Lipinski definition) is 6. The SMILES string of the molecule is COc1ccc(C2=NO[C@H]3C(=O)N(c4cccc(C(F)(F)F)c4)C(=O)[C@@H]23)cc1OC. The van der Waals surface area contributed by atoms with E-state index in [1.54, 1.807) is 18.2 Å². The molecule has 2 atom stereocenters. The summed E-state index contributed by atoms with van der Waals surface area (Å²) in [5, 5.41) is 3.88. The average Bonchev–Trinajstić information content (AvgIpc) is 3.27. The molecule has 10 heteroatoms. The van der Waals surface area contributed by atoms with Gasteiger partial charge in [0.1, 0.15) is 11.6 Å². The summed E-state index contributed by atoms with van der Waals surface area (Å²) >= 11 is 0. The third-order valence-corrected chi connectivity index (χ3v) is 4.92. The van der Waals surface area contributed by atoms with E-state index in [2.05, 4.69) is 5.16 Å². The van der Waals surface area contributed by atoms with E-state index in [0.29, 0.717) is 22.0 Å². The second kappa shape index (κ2) is 7.05. The van der Waals surface area contributed by atoms with Gasteiger partial charge in [-0.25, -0.2) is 4.90 Å². The molecule has 0 spiro atoms. The fraction of sp³-hybridized carbons (Fsp3) is 0.250. The summed E-state index contributed by atoms with van der Waals surface area (Å²) in [5.74, 6) is -1.73. The number of anilines is 1. The van der Waals surface area contributed by atoms with Gasteiger partial charge in [0.25, 0.3) is 5.91 Å². The lowest BCUT2D eigenvalue weighted by Crippen LogP contribution is -2.33. The lowest BCUT2D eigenvalue weighted by molar-refractivity contribution is -0.137. The maximum atomic E-state index is 13.0. The van der Waals surface area contributed by atoms with E-state index in [0.717, 1.165) is 18.2 Å². The molecule has 2 aliphatic heterocycles. The summed E-state index contributed by atoms with van der Waals surface area (Å²) in [6.07, 6.45) is -5.85. The summed E-state index contributed by atoms with van der Waals surface area (Å²) in [6.45, 7) is 0. The molecule has 2 amide bonds. The minimum atomic E-state index is -4.61. The molecule has 156 valence electrons. The smallest absolute Gasteiger partial charge is 0.416 e. The number of oxime groups is 1. The van der Waals surface area contributed by atoms with Crippen LogP contribution in [0.15, 0.2) is 47.6 Å². The third kappa shape index (κ3) is 3.04. The van der Waals surface area contributed by atoms with Crippen molar-refractivity contribution in [3.63, 3.8) is 0 Å². The van der Waals surface area contributed by atoms with Gasteiger partial charge in [0, 0.05) is 5.56 Å². The first-order valence-electron chi connectivity index (χ1n) is 8.77. The van der Waals surface area contributed by atoms with Crippen LogP contribution in [0.25, 0.3) is 0 Å². The van der Waals surface area contributed by atoms with E-state index in [9.17, 15) is 22.8 Å². The van der Waals surface area contributed by atoms with Crippen molar-refractivity contribution in [1.29, 1.82) is 0 Å². The molecule has 2 heterocycles. The van der Waals surface area contributed by atoms with Crippen LogP contribution in [-0.2, 0) is 20.6 Å². The number of benzene rings is 2. The number of nitrogens with zero attached hydrogens (tertiary/aromatic N) is 2. The zero-order valence-electron chi connectivity index (χ0n) is 15.8. The molecule has 0 bridgehead atoms. The number of amides is 2. The molecule has 1 fully saturated rings. The standard InChI is InChI=1S/C20H15F3N2O5/c1-28-13-7-6-10(8-14(13)29-2)16-15-17(30-24-16)19(27)25(18(15)26)12-5-3-4-11(9-12)20(21,22)23/h3-9,15,17H,1-2H3/t15-,17+/m0/s1. The molecule has 7 nitrogen and oxygen atoms in total. The van der Waals surface area contributed by atoms with Crippen molar-refractivity contribution in [2.75, 3.05) is 19.1 Å². The number of fused-ring (bicyclic) bond motifs is 1. The number of alkyl halides is 3. The summed E-state index contributed by atoms with van der Waals surface area (Å²) in [5.41, 5.74) is -0.488. The van der Waals surface area contributed by atoms with E-state index in [4.69, 9.17) is 14.3 Å². The van der Waals surface area contributed by atoms with Crippen LogP contribution in [-0.4, -0.2) is 37.8 Å². The first-order chi connectivity index (χ1) is 14.3. The Bertz CT molecular complexity index is 1070. The quantitative estimate of drug-likeness (QED) is 0.711. The molecule has 0 radical (unpaired) electrons. The maximum Gasteiger partial charge on any atom is 0.416 e. The fourth-order valence-corrected chi connectivity index (χ4v) is 3.49. The van der Waals surface area contributed by atoms with Crippen molar-refractivity contribution < 1.29 is 37.1 Å². The summed E-state index contributed by atoms with van der Waals surface area (Å²) in [6, 6.07) is 8.82. The lowest BCUT2D eigenvalue weighted by atomic mass is 9.94. The normalized spacial score (nSPS) is 20.7. The summed E-state index contributed by atoms with van der Waals surface area (Å²) in [4.78, 5) is 31.7. The fourth-order valence-electron chi connectivity index (χ4n) is 3.49. The minimum Gasteiger partial charge on any atom is -0.493 e. The number of imide groups is 1. The number of carbonyl (C=O) groups is 2. The van der Waals surface area contributed by atoms with Gasteiger partial charge in [-0.3, -0.25) is 9.59 Å². The van der Waals surface area contributed by atoms with Crippen LogP contribution in [0.1, 0.15) is 11.1 Å². The first kappa shape index (κ1) is 19.7. The molecule has 0 aromatic heterocycles. The highest BCUT2D eigenvalue weighted by atomic mass is 19.4. The number of hydrogen-bond donors (Lipinski definition) is 0. The Kier molecular flexibility index (Phi) is 4.64. The van der Waals surface area contributed by atoms with Gasteiger partial charge in [-0.1, -0.05) is 11.2 Å². The number of halogens is 3. The number of methoxy groups -OCH3 is 2. The summed E-state index contributed by atoms with van der Waals surface area (Å²) in [7, 11) is 2.91. The highest BCUT2D eigenvalue weighted by Gasteiger charge is 2.56. The Morgan fingerprint density at radius 2 is 1.73 bits per heavy atom. The van der Waals surface area contributed by atoms with E-state index in [1.807, 2.05) is 0 Å². The molecule has 2 aliphatic rings. The van der Waals surface area contributed by atoms with Crippen LogP contribution < -0.4 is 14.4 Å². The van der Waals surface area contributed by atoms with Gasteiger partial charge in [0.15, 0.2) is 11.5 Å². The predicted molar refractivity (Wildman–Crippen MR) is 98.4 cm³/mol. The largest absolute Gasteiger partial charge is 0.493 e. The Hall–Kier alpha value is -3.56. The van der Waals surface area contributed by atoms with E-state index in [-0.39, 0.29) is 11.4 Å². The molecule has 0 aliphatic carbocycles. The van der Waals surface area contributed by atoms with Gasteiger partial charge < -0.3 is 14.3 Å². The van der Waals surface area contributed by atoms with Gasteiger partial charge in [0.05, 0.1) is 25.5 Å². The van der Waals surface area contributed by atoms with Gasteiger partial charge in [-0.2, -0.15) is 13.2 Å². The maximum absolute atomic E-state index is 13.0. The van der Waals surface area contributed by atoms with Crippen molar-refractivity contribution in [1.82, 2.24) is 0 Å². The predicted octanol–water partition coefficient (Wildman–Crippen LogP) is 3.02. The molecule has 2 aromatic carbocycles. The Morgan fingerprint density at radius 1 is 1.00 bits per heavy atom. The molecule has 0 unspecified atom stereocenters. The molecular formula is C20H15F3N2O5. The van der Waals surface area contributed by atoms with Crippen molar-refractivity contribution in [2.45, 2.75) is 12.3 Å². The van der Waals surface area contributed by atoms with Crippen LogP contribution in [0.2, 0.25) is 0 Å². The van der Waals surface area contributed by atoms with E-state index < -0.39 is 35.6 Å². The second-order valence-corrected chi connectivity index (χ2v) is 6.61. The van der Waals surface area contributed by atoms with Gasteiger partial charge in [-0.15, -0.1) is 0 Å². The first-order valence-corrected chi connectivity index (χ1v) is 8.77. The van der Waals surface area contributed by atoms with Crippen LogP contribution in [0, 0.1) is 5.92 Å². The van der Waals surface area contributed by atoms with Gasteiger partial charge >= 0.3 is 6.18 Å². The van der Waals surface area contributed by atoms with Crippen molar-refractivity contribution in [3.8, 4) is 11.5 Å². The topological polar surface area (TPSA) is 77.4 Å². The highest BCUT2D eigenvalue weighted by Crippen LogP contribution is 2.38. The van der Waals surface area contributed by atoms with E-state index >= 15 is 0 Å². The highest BCUT2D eigenvalue weighted by molar-refractivity contribution is 6.32. The number of rotatable bonds is 4. The Morgan fingerprint density at radius 3 is 2.40 bits per heavy atom. The molecule has 0 saturated carbocycles. The van der Waals surface area contributed by atoms with Crippen molar-refractivity contribution in [2.24, 2.45) is 11.1 Å². The number of carbonyl (C=O) groups excluding carboxylic acids is 2. The molecule has 30 heavy (non-hydrogen) atoms. The molecule has 1 saturated heterocycles. The number of ether oxygens (including phenoxy) is 2. The second-order valence-electron chi connectivity index (χ2n) is 6.61. The van der Waals surface area contributed by atoms with Crippen LogP contribution in [0.4, 0.5) is 18.9 Å². The zero-order valence-corrected chi connectivity index (χ0v) is 15.8. The van der Waals surface area contributed by atoms with Crippen LogP contribution >= 0.6 is 0 Å². The molecular weight excluding hydrogens is 405 g/mol. The molecule has 0 N–H and O–H groups in total. The Balaban J connectivity index is 1.69. The van der Waals surface area contributed by atoms with Crippen molar-refractivity contribution in [3.05, 3.63) is 53.6 Å². The van der Waals surface area contributed by atoms with Gasteiger partial charge in [0.2, 0.25) is 12.0 Å². The van der Waals surface area contributed by atoms with Crippen LogP contribution in [0.5, 0.6) is 11.5 Å². The zero-order chi connectivity index (χ0) is 21.6. The third-order valence-electron chi connectivity index (χ3n) is 4.92. The lowest BCUT2D eigenvalue weighted by Gasteiger charge is -2.17. The summed E-state index contributed by atoms with van der Waals surface area (Å²) < 4.78 is 49.5. The molecule has 2 aromatic rings. The van der Waals surface area contributed by atoms with E-state index in [1.165, 1.54) is 20.3 Å². The minimum absolute atomic E-state index is 0.176. The van der Waals surface area contributed by atoms with Crippen molar-refractivity contribution >= 4 is 23.2 Å². The molecule has 4 rings (SSSR count). The monoisotopic (exact) mass is 420 g/mol.